The summed E-state index contributed by atoms with van der Waals surface area (Å²) >= 11 is 1.18. The lowest BCUT2D eigenvalue weighted by atomic mass is 10.0. The van der Waals surface area contributed by atoms with E-state index in [4.69, 9.17) is 5.73 Å². The molecule has 3 aliphatic heterocycles. The molecule has 0 bridgehead atoms. The number of rotatable bonds is 3. The second kappa shape index (κ2) is 6.06. The highest BCUT2D eigenvalue weighted by Gasteiger charge is 2.47. The Labute approximate surface area is 144 Å². The van der Waals surface area contributed by atoms with Gasteiger partial charge in [-0.1, -0.05) is 0 Å². The standard InChI is InChI=1S/C14H14F3N3O4S/c15-14(16,17)5-19-2-1-6(12(19)22)3-7-10(13(23)24)20-8(21)4-9(20)25-11(7)18/h3,9,11H,1-2,4-5,18H2,(H,23,24). The monoisotopic (exact) mass is 377 g/mol. The number of carboxylic acid groups (broad SMARTS) is 1. The SMILES string of the molecule is NC1SC2CC(=O)N2C(C(=O)O)=C1C=C1CCN(CC(F)(F)F)C1=O. The number of alkyl halides is 3. The van der Waals surface area contributed by atoms with Gasteiger partial charge in [-0.15, -0.1) is 11.8 Å². The average Bonchev–Trinajstić information content (AvgIpc) is 2.80. The molecule has 3 heterocycles. The fraction of sp³-hybridized carbons (Fsp3) is 0.500. The van der Waals surface area contributed by atoms with E-state index in [1.807, 2.05) is 0 Å². The van der Waals surface area contributed by atoms with Crippen molar-refractivity contribution in [2.24, 2.45) is 5.73 Å². The van der Waals surface area contributed by atoms with Gasteiger partial charge in [0.2, 0.25) is 11.8 Å². The Morgan fingerprint density at radius 2 is 2.08 bits per heavy atom. The number of likely N-dealkylation sites (tertiary alicyclic amines) is 1. The normalized spacial score (nSPS) is 28.6. The number of carboxylic acids is 1. The number of nitrogens with two attached hydrogens (primary N) is 1. The number of carbonyl (C=O) groups is 3. The van der Waals surface area contributed by atoms with Gasteiger partial charge in [-0.05, 0) is 12.5 Å². The maximum Gasteiger partial charge on any atom is 0.406 e. The maximum atomic E-state index is 12.5. The molecule has 3 aliphatic rings. The summed E-state index contributed by atoms with van der Waals surface area (Å²) in [7, 11) is 0. The predicted octanol–water partition coefficient (Wildman–Crippen LogP) is 0.636. The molecule has 0 radical (unpaired) electrons. The molecule has 0 aromatic heterocycles. The van der Waals surface area contributed by atoms with E-state index in [-0.39, 0.29) is 47.5 Å². The summed E-state index contributed by atoms with van der Waals surface area (Å²) in [5, 5.41) is 8.28. The Hall–Kier alpha value is -2.01. The first-order valence-electron chi connectivity index (χ1n) is 7.35. The summed E-state index contributed by atoms with van der Waals surface area (Å²) in [6.45, 7) is -1.46. The fourth-order valence-electron chi connectivity index (χ4n) is 3.01. The van der Waals surface area contributed by atoms with Gasteiger partial charge in [0.1, 0.15) is 12.2 Å². The zero-order valence-electron chi connectivity index (χ0n) is 12.7. The number of aliphatic carboxylic acids is 1. The molecule has 0 aromatic carbocycles. The summed E-state index contributed by atoms with van der Waals surface area (Å²) in [6, 6.07) is 0. The van der Waals surface area contributed by atoms with E-state index in [0.29, 0.717) is 4.90 Å². The van der Waals surface area contributed by atoms with Crippen molar-refractivity contribution in [3.05, 3.63) is 22.9 Å². The maximum absolute atomic E-state index is 12.5. The Balaban J connectivity index is 1.93. The van der Waals surface area contributed by atoms with Gasteiger partial charge in [-0.25, -0.2) is 4.79 Å². The molecule has 2 atom stereocenters. The van der Waals surface area contributed by atoms with Crippen LogP contribution in [0.5, 0.6) is 0 Å². The third kappa shape index (κ3) is 3.25. The van der Waals surface area contributed by atoms with Gasteiger partial charge in [-0.2, -0.15) is 13.2 Å². The van der Waals surface area contributed by atoms with E-state index in [1.54, 1.807) is 0 Å². The minimum atomic E-state index is -4.51. The largest absolute Gasteiger partial charge is 0.477 e. The van der Waals surface area contributed by atoms with Crippen molar-refractivity contribution in [3.8, 4) is 0 Å². The van der Waals surface area contributed by atoms with Crippen LogP contribution in [0.3, 0.4) is 0 Å². The van der Waals surface area contributed by atoms with Gasteiger partial charge in [-0.3, -0.25) is 14.5 Å². The van der Waals surface area contributed by atoms with Gasteiger partial charge in [0.05, 0.1) is 17.2 Å². The topological polar surface area (TPSA) is 104 Å². The third-order valence-electron chi connectivity index (χ3n) is 4.15. The second-order valence-electron chi connectivity index (χ2n) is 5.85. The number of β-lactam (4-membered cyclic amide) rings is 1. The Bertz CT molecular complexity index is 719. The van der Waals surface area contributed by atoms with Crippen molar-refractivity contribution in [1.82, 2.24) is 9.80 Å². The van der Waals surface area contributed by atoms with Crippen LogP contribution in [0.15, 0.2) is 22.9 Å². The van der Waals surface area contributed by atoms with E-state index in [2.05, 4.69) is 0 Å². The average molecular weight is 377 g/mol. The van der Waals surface area contributed by atoms with E-state index in [1.165, 1.54) is 17.8 Å². The highest BCUT2D eigenvalue weighted by Crippen LogP contribution is 2.43. The first-order valence-corrected chi connectivity index (χ1v) is 8.30. The van der Waals surface area contributed by atoms with Crippen LogP contribution in [0, 0.1) is 0 Å². The molecule has 136 valence electrons. The van der Waals surface area contributed by atoms with Crippen molar-refractivity contribution in [1.29, 1.82) is 0 Å². The predicted molar refractivity (Wildman–Crippen MR) is 80.8 cm³/mol. The van der Waals surface area contributed by atoms with Crippen LogP contribution in [-0.2, 0) is 14.4 Å². The number of thioether (sulfide) groups is 1. The van der Waals surface area contributed by atoms with Gasteiger partial charge in [0, 0.05) is 17.7 Å². The highest BCUT2D eigenvalue weighted by molar-refractivity contribution is 8.00. The van der Waals surface area contributed by atoms with E-state index >= 15 is 0 Å². The molecule has 2 amide bonds. The minimum Gasteiger partial charge on any atom is -0.477 e. The number of nitrogens with zero attached hydrogens (tertiary/aromatic N) is 2. The summed E-state index contributed by atoms with van der Waals surface area (Å²) in [5.41, 5.74) is 5.77. The third-order valence-corrected chi connectivity index (χ3v) is 5.38. The first kappa shape index (κ1) is 17.8. The van der Waals surface area contributed by atoms with Crippen molar-refractivity contribution in [2.75, 3.05) is 13.1 Å². The Morgan fingerprint density at radius 1 is 1.40 bits per heavy atom. The van der Waals surface area contributed by atoms with Crippen molar-refractivity contribution < 1.29 is 32.7 Å². The van der Waals surface area contributed by atoms with Crippen LogP contribution in [-0.4, -0.2) is 62.7 Å². The van der Waals surface area contributed by atoms with E-state index < -0.39 is 30.0 Å². The molecule has 2 unspecified atom stereocenters. The number of hydrogen-bond donors (Lipinski definition) is 2. The number of halogens is 3. The lowest BCUT2D eigenvalue weighted by Crippen LogP contribution is -2.56. The minimum absolute atomic E-state index is 0.0556. The molecule has 25 heavy (non-hydrogen) atoms. The van der Waals surface area contributed by atoms with Crippen LogP contribution in [0.25, 0.3) is 0 Å². The molecule has 11 heteroatoms. The molecule has 0 aromatic rings. The Morgan fingerprint density at radius 3 is 2.64 bits per heavy atom. The molecule has 3 N–H and O–H groups in total. The number of amides is 2. The van der Waals surface area contributed by atoms with Gasteiger partial charge >= 0.3 is 12.1 Å². The van der Waals surface area contributed by atoms with Gasteiger partial charge in [0.15, 0.2) is 0 Å². The van der Waals surface area contributed by atoms with Crippen LogP contribution in [0.2, 0.25) is 0 Å². The van der Waals surface area contributed by atoms with Crippen molar-refractivity contribution in [2.45, 2.75) is 29.8 Å². The highest BCUT2D eigenvalue weighted by atomic mass is 32.2. The van der Waals surface area contributed by atoms with Crippen molar-refractivity contribution in [3.63, 3.8) is 0 Å². The first-order chi connectivity index (χ1) is 11.6. The molecular weight excluding hydrogens is 363 g/mol. The zero-order chi connectivity index (χ0) is 18.5. The lowest BCUT2D eigenvalue weighted by molar-refractivity contribution is -0.156. The summed E-state index contributed by atoms with van der Waals surface area (Å²) in [5.74, 6) is -2.53. The second-order valence-corrected chi connectivity index (χ2v) is 7.17. The van der Waals surface area contributed by atoms with Crippen LogP contribution in [0.4, 0.5) is 13.2 Å². The molecule has 0 spiro atoms. The van der Waals surface area contributed by atoms with Crippen LogP contribution < -0.4 is 5.73 Å². The fourth-order valence-corrected chi connectivity index (χ4v) is 4.26. The molecule has 2 saturated heterocycles. The Kier molecular flexibility index (Phi) is 4.31. The van der Waals surface area contributed by atoms with Crippen LogP contribution >= 0.6 is 11.8 Å². The number of hydrogen-bond acceptors (Lipinski definition) is 5. The number of fused-ring (bicyclic) bond motifs is 1. The lowest BCUT2D eigenvalue weighted by Gasteiger charge is -2.45. The molecule has 0 saturated carbocycles. The van der Waals surface area contributed by atoms with Gasteiger partial charge in [0.25, 0.3) is 0 Å². The van der Waals surface area contributed by atoms with E-state index in [9.17, 15) is 32.7 Å². The van der Waals surface area contributed by atoms with E-state index in [0.717, 1.165) is 4.90 Å². The molecule has 7 nitrogen and oxygen atoms in total. The summed E-state index contributed by atoms with van der Waals surface area (Å²) in [4.78, 5) is 37.1. The van der Waals surface area contributed by atoms with Crippen LogP contribution in [0.1, 0.15) is 12.8 Å². The smallest absolute Gasteiger partial charge is 0.406 e. The summed E-state index contributed by atoms with van der Waals surface area (Å²) in [6.07, 6.45) is -3.05. The molecule has 0 aliphatic carbocycles. The zero-order valence-corrected chi connectivity index (χ0v) is 13.6. The number of carbonyl (C=O) groups excluding carboxylic acids is 2. The van der Waals surface area contributed by atoms with Gasteiger partial charge < -0.3 is 15.7 Å². The molecule has 3 rings (SSSR count). The molecule has 2 fully saturated rings. The quantitative estimate of drug-likeness (QED) is 0.553. The summed E-state index contributed by atoms with van der Waals surface area (Å²) < 4.78 is 37.4. The molecular formula is C14H14F3N3O4S. The van der Waals surface area contributed by atoms with Crippen molar-refractivity contribution >= 4 is 29.5 Å².